The molecule has 0 aliphatic rings. The second kappa shape index (κ2) is 9.66. The van der Waals surface area contributed by atoms with E-state index in [0.29, 0.717) is 19.6 Å². The topological polar surface area (TPSA) is 75.7 Å². The predicted molar refractivity (Wildman–Crippen MR) is 106 cm³/mol. The van der Waals surface area contributed by atoms with Crippen molar-refractivity contribution in [1.82, 2.24) is 5.32 Å². The Hall–Kier alpha value is -2.45. The summed E-state index contributed by atoms with van der Waals surface area (Å²) < 4.78 is 45.9. The van der Waals surface area contributed by atoms with Crippen molar-refractivity contribution in [3.63, 3.8) is 0 Å². The maximum Gasteiger partial charge on any atom is 0.264 e. The minimum absolute atomic E-state index is 0.0671. The van der Waals surface area contributed by atoms with E-state index in [2.05, 4.69) is 5.32 Å². The number of rotatable bonds is 9. The van der Waals surface area contributed by atoms with E-state index in [9.17, 15) is 17.6 Å². The van der Waals surface area contributed by atoms with Gasteiger partial charge in [0.15, 0.2) is 0 Å². The molecule has 0 unspecified atom stereocenters. The lowest BCUT2D eigenvalue weighted by atomic mass is 10.2. The first-order chi connectivity index (χ1) is 13.2. The van der Waals surface area contributed by atoms with Gasteiger partial charge in [-0.3, -0.25) is 9.10 Å². The van der Waals surface area contributed by atoms with Crippen molar-refractivity contribution in [2.45, 2.75) is 31.3 Å². The number of carbonyl (C=O) groups excluding carboxylic acids is 1. The fourth-order valence-electron chi connectivity index (χ4n) is 2.49. The Morgan fingerprint density at radius 1 is 1.18 bits per heavy atom. The number of nitrogens with zero attached hydrogens (tertiary/aromatic N) is 1. The van der Waals surface area contributed by atoms with Crippen molar-refractivity contribution < 1.29 is 22.3 Å². The van der Waals surface area contributed by atoms with Gasteiger partial charge < -0.3 is 10.1 Å². The Labute approximate surface area is 165 Å². The first kappa shape index (κ1) is 21.8. The van der Waals surface area contributed by atoms with Crippen molar-refractivity contribution in [3.05, 3.63) is 59.9 Å². The predicted octanol–water partition coefficient (Wildman–Crippen LogP) is 3.20. The zero-order chi connectivity index (χ0) is 20.7. The molecule has 0 fully saturated rings. The minimum atomic E-state index is -4.02. The molecule has 0 aromatic heterocycles. The van der Waals surface area contributed by atoms with E-state index in [-0.39, 0.29) is 28.2 Å². The lowest BCUT2D eigenvalue weighted by Gasteiger charge is -2.20. The summed E-state index contributed by atoms with van der Waals surface area (Å²) in [5, 5.41) is 2.73. The zero-order valence-corrected chi connectivity index (χ0v) is 17.0. The van der Waals surface area contributed by atoms with E-state index in [1.807, 2.05) is 13.8 Å². The molecule has 0 aliphatic heterocycles. The highest BCUT2D eigenvalue weighted by Crippen LogP contribution is 2.24. The summed E-state index contributed by atoms with van der Waals surface area (Å²) in [6.45, 7) is 4.81. The van der Waals surface area contributed by atoms with Crippen LogP contribution >= 0.6 is 0 Å². The van der Waals surface area contributed by atoms with Crippen LogP contribution in [0, 0.1) is 5.82 Å². The number of para-hydroxylation sites is 1. The monoisotopic (exact) mass is 408 g/mol. The second-order valence-corrected chi connectivity index (χ2v) is 8.45. The Kier molecular flexibility index (Phi) is 7.53. The van der Waals surface area contributed by atoms with Crippen LogP contribution in [0.15, 0.2) is 53.4 Å². The van der Waals surface area contributed by atoms with Gasteiger partial charge in [-0.15, -0.1) is 0 Å². The van der Waals surface area contributed by atoms with Crippen molar-refractivity contribution in [1.29, 1.82) is 0 Å². The van der Waals surface area contributed by atoms with Crippen LogP contribution in [0.3, 0.4) is 0 Å². The largest absolute Gasteiger partial charge is 0.379 e. The second-order valence-electron chi connectivity index (χ2n) is 6.48. The van der Waals surface area contributed by atoms with Crippen molar-refractivity contribution >= 4 is 21.6 Å². The standard InChI is InChI=1S/C20H25FN2O4S/c1-15(2)27-13-7-12-22-20(24)16-8-6-9-17(14-16)28(25,26)23(3)19-11-5-4-10-18(19)21/h4-6,8-11,14-15H,7,12-13H2,1-3H3,(H,22,24). The summed E-state index contributed by atoms with van der Waals surface area (Å²) >= 11 is 0. The average Bonchev–Trinajstić information content (AvgIpc) is 2.67. The summed E-state index contributed by atoms with van der Waals surface area (Å²) in [5.74, 6) is -1.03. The molecule has 6 nitrogen and oxygen atoms in total. The molecule has 0 radical (unpaired) electrons. The molecule has 8 heteroatoms. The number of ether oxygens (including phenoxy) is 1. The van der Waals surface area contributed by atoms with E-state index >= 15 is 0 Å². The van der Waals surface area contributed by atoms with Gasteiger partial charge in [-0.25, -0.2) is 12.8 Å². The Balaban J connectivity index is 2.11. The van der Waals surface area contributed by atoms with E-state index in [1.165, 1.54) is 49.5 Å². The fraction of sp³-hybridized carbons (Fsp3) is 0.350. The highest BCUT2D eigenvalue weighted by molar-refractivity contribution is 7.92. The van der Waals surface area contributed by atoms with E-state index in [1.54, 1.807) is 6.07 Å². The fourth-order valence-corrected chi connectivity index (χ4v) is 3.74. The molecular weight excluding hydrogens is 383 g/mol. The van der Waals surface area contributed by atoms with Crippen LogP contribution in [0.25, 0.3) is 0 Å². The van der Waals surface area contributed by atoms with Gasteiger partial charge in [0.1, 0.15) is 5.82 Å². The molecule has 2 aromatic rings. The molecule has 152 valence electrons. The third kappa shape index (κ3) is 5.53. The number of carbonyl (C=O) groups is 1. The normalized spacial score (nSPS) is 11.5. The molecule has 28 heavy (non-hydrogen) atoms. The van der Waals surface area contributed by atoms with Crippen LogP contribution < -0.4 is 9.62 Å². The van der Waals surface area contributed by atoms with E-state index in [4.69, 9.17) is 4.74 Å². The number of amides is 1. The molecule has 0 heterocycles. The quantitative estimate of drug-likeness (QED) is 0.647. The molecule has 1 N–H and O–H groups in total. The summed E-state index contributed by atoms with van der Waals surface area (Å²) in [4.78, 5) is 12.2. The maximum absolute atomic E-state index is 14.0. The SMILES string of the molecule is CC(C)OCCCNC(=O)c1cccc(S(=O)(=O)N(C)c2ccccc2F)c1. The van der Waals surface area contributed by atoms with E-state index in [0.717, 1.165) is 4.31 Å². The number of hydrogen-bond acceptors (Lipinski definition) is 4. The van der Waals surface area contributed by atoms with E-state index < -0.39 is 15.8 Å². The molecule has 0 spiro atoms. The molecule has 0 saturated carbocycles. The lowest BCUT2D eigenvalue weighted by molar-refractivity contribution is 0.0757. The molecular formula is C20H25FN2O4S. The molecule has 0 atom stereocenters. The third-order valence-corrected chi connectivity index (χ3v) is 5.77. The Bertz CT molecular complexity index is 916. The van der Waals surface area contributed by atoms with Gasteiger partial charge in [-0.05, 0) is 50.6 Å². The van der Waals surface area contributed by atoms with Crippen molar-refractivity contribution in [2.24, 2.45) is 0 Å². The van der Waals surface area contributed by atoms with Gasteiger partial charge >= 0.3 is 0 Å². The van der Waals surface area contributed by atoms with Crippen LogP contribution in [0.2, 0.25) is 0 Å². The molecule has 2 aromatic carbocycles. The van der Waals surface area contributed by atoms with Gasteiger partial charge in [-0.2, -0.15) is 0 Å². The van der Waals surface area contributed by atoms with Crippen molar-refractivity contribution in [3.8, 4) is 0 Å². The van der Waals surface area contributed by atoms with Crippen molar-refractivity contribution in [2.75, 3.05) is 24.5 Å². The number of anilines is 1. The molecule has 0 saturated heterocycles. The molecule has 2 rings (SSSR count). The van der Waals surface area contributed by atoms with Gasteiger partial charge in [0.25, 0.3) is 15.9 Å². The Morgan fingerprint density at radius 3 is 2.57 bits per heavy atom. The summed E-state index contributed by atoms with van der Waals surface area (Å²) in [6, 6.07) is 11.3. The molecule has 0 aliphatic carbocycles. The average molecular weight is 408 g/mol. The summed E-state index contributed by atoms with van der Waals surface area (Å²) in [7, 11) is -2.74. The number of halogens is 1. The van der Waals surface area contributed by atoms with Crippen LogP contribution in [-0.2, 0) is 14.8 Å². The summed E-state index contributed by atoms with van der Waals surface area (Å²) in [5.41, 5.74) is 0.148. The van der Waals surface area contributed by atoms with Gasteiger partial charge in [0.2, 0.25) is 0 Å². The van der Waals surface area contributed by atoms with Crippen LogP contribution in [-0.4, -0.2) is 40.6 Å². The first-order valence-corrected chi connectivity index (χ1v) is 10.4. The molecule has 0 bridgehead atoms. The highest BCUT2D eigenvalue weighted by atomic mass is 32.2. The van der Waals surface area contributed by atoms with Gasteiger partial charge in [0, 0.05) is 25.8 Å². The summed E-state index contributed by atoms with van der Waals surface area (Å²) in [6.07, 6.45) is 0.779. The lowest BCUT2D eigenvalue weighted by Crippen LogP contribution is -2.28. The van der Waals surface area contributed by atoms with Gasteiger partial charge in [-0.1, -0.05) is 18.2 Å². The number of sulfonamides is 1. The zero-order valence-electron chi connectivity index (χ0n) is 16.2. The number of benzene rings is 2. The maximum atomic E-state index is 14.0. The van der Waals surface area contributed by atoms with Crippen LogP contribution in [0.1, 0.15) is 30.6 Å². The van der Waals surface area contributed by atoms with Crippen LogP contribution in [0.5, 0.6) is 0 Å². The first-order valence-electron chi connectivity index (χ1n) is 8.97. The van der Waals surface area contributed by atoms with Gasteiger partial charge in [0.05, 0.1) is 16.7 Å². The number of nitrogens with one attached hydrogen (secondary N) is 1. The smallest absolute Gasteiger partial charge is 0.264 e. The highest BCUT2D eigenvalue weighted by Gasteiger charge is 2.24. The van der Waals surface area contributed by atoms with Crippen LogP contribution in [0.4, 0.5) is 10.1 Å². The minimum Gasteiger partial charge on any atom is -0.379 e. The number of hydrogen-bond donors (Lipinski definition) is 1. The third-order valence-electron chi connectivity index (χ3n) is 4.00. The molecule has 1 amide bonds. The Morgan fingerprint density at radius 2 is 1.89 bits per heavy atom.